The van der Waals surface area contributed by atoms with E-state index in [2.05, 4.69) is 10.3 Å². The van der Waals surface area contributed by atoms with Crippen molar-refractivity contribution < 1.29 is 27.2 Å². The SMILES string of the molecule is CNC(=O)CC(C(N)=O)c1cn2cc(-c3ccoc3)cc(C(F)(F)F)c2n1. The van der Waals surface area contributed by atoms with Gasteiger partial charge in [-0.25, -0.2) is 4.98 Å². The molecule has 0 aliphatic carbocycles. The molecule has 3 rings (SSSR count). The van der Waals surface area contributed by atoms with Gasteiger partial charge < -0.3 is 19.9 Å². The second-order valence-corrected chi connectivity index (χ2v) is 5.88. The van der Waals surface area contributed by atoms with Crippen LogP contribution in [-0.2, 0) is 15.8 Å². The van der Waals surface area contributed by atoms with Crippen LogP contribution in [0.1, 0.15) is 23.6 Å². The third kappa shape index (κ3) is 3.64. The second-order valence-electron chi connectivity index (χ2n) is 5.88. The van der Waals surface area contributed by atoms with E-state index in [9.17, 15) is 22.8 Å². The molecular formula is C17H15F3N4O3. The number of nitrogens with zero attached hydrogens (tertiary/aromatic N) is 2. The van der Waals surface area contributed by atoms with Gasteiger partial charge in [0.05, 0.1) is 29.7 Å². The first-order valence-corrected chi connectivity index (χ1v) is 7.83. The molecule has 27 heavy (non-hydrogen) atoms. The zero-order chi connectivity index (χ0) is 19.8. The van der Waals surface area contributed by atoms with E-state index in [0.29, 0.717) is 5.56 Å². The molecule has 0 spiro atoms. The maximum Gasteiger partial charge on any atom is 0.420 e. The number of furan rings is 1. The van der Waals surface area contributed by atoms with E-state index in [-0.39, 0.29) is 23.3 Å². The monoisotopic (exact) mass is 380 g/mol. The summed E-state index contributed by atoms with van der Waals surface area (Å²) in [4.78, 5) is 27.3. The minimum absolute atomic E-state index is 0.0130. The molecule has 0 saturated carbocycles. The number of nitrogens with one attached hydrogen (secondary N) is 1. The third-order valence-electron chi connectivity index (χ3n) is 4.10. The Labute approximate surface area is 151 Å². The molecule has 0 aromatic carbocycles. The lowest BCUT2D eigenvalue weighted by Gasteiger charge is -2.10. The number of alkyl halides is 3. The lowest BCUT2D eigenvalue weighted by Crippen LogP contribution is -2.28. The van der Waals surface area contributed by atoms with E-state index in [1.807, 2.05) is 0 Å². The van der Waals surface area contributed by atoms with Crippen molar-refractivity contribution in [3.05, 3.63) is 48.3 Å². The quantitative estimate of drug-likeness (QED) is 0.709. The van der Waals surface area contributed by atoms with Crippen molar-refractivity contribution in [1.82, 2.24) is 14.7 Å². The van der Waals surface area contributed by atoms with Crippen molar-refractivity contribution in [2.75, 3.05) is 7.05 Å². The highest BCUT2D eigenvalue weighted by Crippen LogP contribution is 2.36. The lowest BCUT2D eigenvalue weighted by molar-refractivity contribution is -0.136. The summed E-state index contributed by atoms with van der Waals surface area (Å²) in [6.07, 6.45) is 0.379. The molecule has 3 heterocycles. The van der Waals surface area contributed by atoms with Gasteiger partial charge in [0, 0.05) is 37.0 Å². The van der Waals surface area contributed by atoms with E-state index in [1.54, 1.807) is 0 Å². The van der Waals surface area contributed by atoms with Crippen LogP contribution in [0.5, 0.6) is 0 Å². The third-order valence-corrected chi connectivity index (χ3v) is 4.10. The average Bonchev–Trinajstić information content (AvgIpc) is 3.26. The molecular weight excluding hydrogens is 365 g/mol. The fourth-order valence-electron chi connectivity index (χ4n) is 2.72. The number of halogens is 3. The van der Waals surface area contributed by atoms with Gasteiger partial charge in [0.1, 0.15) is 5.65 Å². The van der Waals surface area contributed by atoms with Gasteiger partial charge in [0.25, 0.3) is 0 Å². The van der Waals surface area contributed by atoms with Crippen LogP contribution in [0, 0.1) is 0 Å². The second kappa shape index (κ2) is 6.78. The summed E-state index contributed by atoms with van der Waals surface area (Å²) in [6, 6.07) is 2.48. The number of pyridine rings is 1. The van der Waals surface area contributed by atoms with E-state index in [1.165, 1.54) is 42.4 Å². The summed E-state index contributed by atoms with van der Waals surface area (Å²) in [7, 11) is 1.38. The summed E-state index contributed by atoms with van der Waals surface area (Å²) in [5.41, 5.74) is 4.66. The predicted octanol–water partition coefficient (Wildman–Crippen LogP) is 2.32. The van der Waals surface area contributed by atoms with Crippen molar-refractivity contribution >= 4 is 17.5 Å². The number of nitrogens with two attached hydrogens (primary N) is 1. The molecule has 0 bridgehead atoms. The maximum atomic E-state index is 13.5. The highest BCUT2D eigenvalue weighted by atomic mass is 19.4. The van der Waals surface area contributed by atoms with Crippen molar-refractivity contribution in [3.63, 3.8) is 0 Å². The lowest BCUT2D eigenvalue weighted by atomic mass is 10.0. The Morgan fingerprint density at radius 3 is 2.63 bits per heavy atom. The van der Waals surface area contributed by atoms with Gasteiger partial charge in [0.15, 0.2) is 0 Å². The highest BCUT2D eigenvalue weighted by Gasteiger charge is 2.35. The van der Waals surface area contributed by atoms with Gasteiger partial charge in [-0.2, -0.15) is 13.2 Å². The van der Waals surface area contributed by atoms with Crippen molar-refractivity contribution in [3.8, 4) is 11.1 Å². The van der Waals surface area contributed by atoms with Crippen LogP contribution in [0.3, 0.4) is 0 Å². The van der Waals surface area contributed by atoms with Crippen LogP contribution in [0.2, 0.25) is 0 Å². The number of imidazole rings is 1. The molecule has 0 radical (unpaired) electrons. The number of fused-ring (bicyclic) bond motifs is 1. The van der Waals surface area contributed by atoms with E-state index in [0.717, 1.165) is 6.07 Å². The molecule has 1 unspecified atom stereocenters. The highest BCUT2D eigenvalue weighted by molar-refractivity contribution is 5.88. The summed E-state index contributed by atoms with van der Waals surface area (Å²) >= 11 is 0. The van der Waals surface area contributed by atoms with Gasteiger partial charge >= 0.3 is 6.18 Å². The van der Waals surface area contributed by atoms with Crippen molar-refractivity contribution in [2.45, 2.75) is 18.5 Å². The number of amides is 2. The largest absolute Gasteiger partial charge is 0.472 e. The maximum absolute atomic E-state index is 13.5. The number of hydrogen-bond donors (Lipinski definition) is 2. The molecule has 0 aliphatic rings. The number of hydrogen-bond acceptors (Lipinski definition) is 4. The minimum Gasteiger partial charge on any atom is -0.472 e. The average molecular weight is 380 g/mol. The summed E-state index contributed by atoms with van der Waals surface area (Å²) < 4.78 is 46.7. The molecule has 10 heteroatoms. The van der Waals surface area contributed by atoms with Crippen LogP contribution < -0.4 is 11.1 Å². The number of rotatable bonds is 5. The van der Waals surface area contributed by atoms with Crippen LogP contribution in [0.25, 0.3) is 16.8 Å². The van der Waals surface area contributed by atoms with Crippen LogP contribution in [0.4, 0.5) is 13.2 Å². The van der Waals surface area contributed by atoms with E-state index >= 15 is 0 Å². The summed E-state index contributed by atoms with van der Waals surface area (Å²) in [6.45, 7) is 0. The standard InChI is InChI=1S/C17H15F3N4O3/c1-22-14(25)5-11(15(21)26)13-7-24-6-10(9-2-3-27-8-9)4-12(16(24)23-13)17(18,19)20/h2-4,6-8,11H,5H2,1H3,(H2,21,26)(H,22,25). The first-order chi connectivity index (χ1) is 12.7. The molecule has 3 N–H and O–H groups in total. The first kappa shape index (κ1) is 18.5. The Balaban J connectivity index is 2.18. The Morgan fingerprint density at radius 2 is 2.07 bits per heavy atom. The minimum atomic E-state index is -4.67. The van der Waals surface area contributed by atoms with Gasteiger partial charge in [-0.05, 0) is 12.1 Å². The van der Waals surface area contributed by atoms with E-state index in [4.69, 9.17) is 10.2 Å². The summed E-state index contributed by atoms with van der Waals surface area (Å²) in [5, 5.41) is 2.35. The number of carbonyl (C=O) groups excluding carboxylic acids is 2. The van der Waals surface area contributed by atoms with Gasteiger partial charge in [-0.3, -0.25) is 9.59 Å². The molecule has 7 nitrogen and oxygen atoms in total. The summed E-state index contributed by atoms with van der Waals surface area (Å²) in [5.74, 6) is -2.49. The fraction of sp³-hybridized carbons (Fsp3) is 0.235. The molecule has 142 valence electrons. The van der Waals surface area contributed by atoms with Crippen molar-refractivity contribution in [2.24, 2.45) is 5.73 Å². The topological polar surface area (TPSA) is 103 Å². The fourth-order valence-corrected chi connectivity index (χ4v) is 2.72. The normalized spacial score (nSPS) is 12.9. The Bertz CT molecular complexity index is 993. The zero-order valence-corrected chi connectivity index (χ0v) is 14.1. The zero-order valence-electron chi connectivity index (χ0n) is 14.1. The number of aromatic nitrogens is 2. The van der Waals surface area contributed by atoms with Gasteiger partial charge in [-0.1, -0.05) is 0 Å². The molecule has 0 fully saturated rings. The molecule has 0 saturated heterocycles. The smallest absolute Gasteiger partial charge is 0.420 e. The predicted molar refractivity (Wildman–Crippen MR) is 88.5 cm³/mol. The Morgan fingerprint density at radius 1 is 1.33 bits per heavy atom. The first-order valence-electron chi connectivity index (χ1n) is 7.83. The molecule has 1 atom stereocenters. The molecule has 3 aromatic heterocycles. The molecule has 2 amide bonds. The molecule has 3 aromatic rings. The Kier molecular flexibility index (Phi) is 4.64. The Hall–Kier alpha value is -3.30. The van der Waals surface area contributed by atoms with E-state index < -0.39 is 29.5 Å². The van der Waals surface area contributed by atoms with Gasteiger partial charge in [-0.15, -0.1) is 0 Å². The van der Waals surface area contributed by atoms with Crippen LogP contribution in [0.15, 0.2) is 41.5 Å². The van der Waals surface area contributed by atoms with Crippen molar-refractivity contribution in [1.29, 1.82) is 0 Å². The van der Waals surface area contributed by atoms with Crippen LogP contribution in [-0.4, -0.2) is 28.2 Å². The van der Waals surface area contributed by atoms with Gasteiger partial charge in [0.2, 0.25) is 11.8 Å². The molecule has 0 aliphatic heterocycles. The van der Waals surface area contributed by atoms with Crippen LogP contribution >= 0.6 is 0 Å². The number of primary amides is 1. The number of carbonyl (C=O) groups is 2.